The van der Waals surface area contributed by atoms with Crippen molar-refractivity contribution in [1.82, 2.24) is 4.31 Å². The Morgan fingerprint density at radius 3 is 2.29 bits per heavy atom. The second kappa shape index (κ2) is 8.92. The summed E-state index contributed by atoms with van der Waals surface area (Å²) in [6.45, 7) is 0.0668. The van der Waals surface area contributed by atoms with Crippen molar-refractivity contribution < 1.29 is 22.7 Å². The molecule has 0 atom stereocenters. The molecular weight excluding hydrogens is 445 g/mol. The summed E-state index contributed by atoms with van der Waals surface area (Å²) in [5.74, 6) is -1.23. The van der Waals surface area contributed by atoms with Crippen LogP contribution >= 0.6 is 34.5 Å². The van der Waals surface area contributed by atoms with Crippen LogP contribution in [0.3, 0.4) is 0 Å². The standard InChI is InChI=1S/C18H17Cl2NO5S2/c19-13-1-3-14(4-2-13)28(24,25)21-9-7-12(8-10-21)18(23)26-11-15(22)16-5-6-17(20)27-16/h1-6,12H,7-11H2. The SMILES string of the molecule is O=C(COC(=O)C1CCN(S(=O)(=O)c2ccc(Cl)cc2)CC1)c1ccc(Cl)s1. The summed E-state index contributed by atoms with van der Waals surface area (Å²) in [6.07, 6.45) is 0.676. The lowest BCUT2D eigenvalue weighted by atomic mass is 9.98. The molecule has 6 nitrogen and oxygen atoms in total. The summed E-state index contributed by atoms with van der Waals surface area (Å²) >= 11 is 12.7. The van der Waals surface area contributed by atoms with Crippen LogP contribution in [-0.4, -0.2) is 44.2 Å². The molecule has 1 aliphatic rings. The van der Waals surface area contributed by atoms with Crippen LogP contribution in [0.1, 0.15) is 22.5 Å². The van der Waals surface area contributed by atoms with E-state index in [1.807, 2.05) is 0 Å². The van der Waals surface area contributed by atoms with E-state index in [-0.39, 0.29) is 30.4 Å². The predicted molar refractivity (Wildman–Crippen MR) is 108 cm³/mol. The third-order valence-corrected chi connectivity index (χ3v) is 7.87. The Bertz CT molecular complexity index is 964. The van der Waals surface area contributed by atoms with Crippen LogP contribution in [-0.2, 0) is 19.6 Å². The lowest BCUT2D eigenvalue weighted by Crippen LogP contribution is -2.40. The Hall–Kier alpha value is -1.45. The van der Waals surface area contributed by atoms with Gasteiger partial charge in [0.15, 0.2) is 6.61 Å². The highest BCUT2D eigenvalue weighted by Crippen LogP contribution is 2.26. The van der Waals surface area contributed by atoms with Gasteiger partial charge >= 0.3 is 5.97 Å². The number of ketones is 1. The molecule has 0 unspecified atom stereocenters. The molecule has 1 aromatic carbocycles. The van der Waals surface area contributed by atoms with Crippen molar-refractivity contribution in [2.24, 2.45) is 5.92 Å². The highest BCUT2D eigenvalue weighted by atomic mass is 35.5. The van der Waals surface area contributed by atoms with Crippen molar-refractivity contribution in [2.45, 2.75) is 17.7 Å². The number of hydrogen-bond acceptors (Lipinski definition) is 6. The maximum Gasteiger partial charge on any atom is 0.309 e. The first-order valence-electron chi connectivity index (χ1n) is 8.48. The van der Waals surface area contributed by atoms with Gasteiger partial charge in [-0.2, -0.15) is 4.31 Å². The van der Waals surface area contributed by atoms with Crippen molar-refractivity contribution in [1.29, 1.82) is 0 Å². The van der Waals surface area contributed by atoms with Crippen molar-refractivity contribution in [3.05, 3.63) is 50.6 Å². The molecule has 1 aliphatic heterocycles. The summed E-state index contributed by atoms with van der Waals surface area (Å²) in [4.78, 5) is 24.8. The second-order valence-corrected chi connectivity index (χ2v) is 10.4. The topological polar surface area (TPSA) is 80.8 Å². The molecule has 0 aliphatic carbocycles. The van der Waals surface area contributed by atoms with Gasteiger partial charge in [0.1, 0.15) is 0 Å². The van der Waals surface area contributed by atoms with Crippen LogP contribution < -0.4 is 0 Å². The molecule has 0 bridgehead atoms. The summed E-state index contributed by atoms with van der Waals surface area (Å²) in [7, 11) is -3.63. The fourth-order valence-corrected chi connectivity index (χ4v) is 5.44. The highest BCUT2D eigenvalue weighted by molar-refractivity contribution is 7.89. The number of esters is 1. The maximum absolute atomic E-state index is 12.7. The Labute approximate surface area is 177 Å². The number of benzene rings is 1. The molecule has 2 aromatic rings. The number of nitrogens with zero attached hydrogens (tertiary/aromatic N) is 1. The van der Waals surface area contributed by atoms with Gasteiger partial charge in [0.2, 0.25) is 15.8 Å². The second-order valence-electron chi connectivity index (χ2n) is 6.27. The van der Waals surface area contributed by atoms with E-state index >= 15 is 0 Å². The van der Waals surface area contributed by atoms with E-state index in [2.05, 4.69) is 0 Å². The molecule has 28 heavy (non-hydrogen) atoms. The third-order valence-electron chi connectivity index (χ3n) is 4.43. The Kier molecular flexibility index (Phi) is 6.77. The maximum atomic E-state index is 12.7. The highest BCUT2D eigenvalue weighted by Gasteiger charge is 2.33. The first-order valence-corrected chi connectivity index (χ1v) is 11.5. The van der Waals surface area contributed by atoms with Crippen LogP contribution in [0.2, 0.25) is 9.36 Å². The van der Waals surface area contributed by atoms with Crippen LogP contribution in [0.4, 0.5) is 0 Å². The number of carbonyl (C=O) groups excluding carboxylic acids is 2. The van der Waals surface area contributed by atoms with Gasteiger partial charge in [-0.1, -0.05) is 23.2 Å². The molecular formula is C18H17Cl2NO5S2. The van der Waals surface area contributed by atoms with Crippen LogP contribution in [0.25, 0.3) is 0 Å². The number of sulfonamides is 1. The predicted octanol–water partition coefficient (Wildman–Crippen LogP) is 3.88. The molecule has 150 valence electrons. The van der Waals surface area contributed by atoms with Crippen molar-refractivity contribution >= 4 is 56.3 Å². The number of hydrogen-bond donors (Lipinski definition) is 0. The van der Waals surface area contributed by atoms with Gasteiger partial charge in [0.25, 0.3) is 0 Å². The van der Waals surface area contributed by atoms with Crippen LogP contribution in [0.5, 0.6) is 0 Å². The molecule has 0 amide bonds. The summed E-state index contributed by atoms with van der Waals surface area (Å²) in [6, 6.07) is 9.16. The van der Waals surface area contributed by atoms with E-state index in [0.29, 0.717) is 27.1 Å². The number of halogens is 2. The first kappa shape index (κ1) is 21.3. The minimum atomic E-state index is -3.63. The van der Waals surface area contributed by atoms with E-state index in [1.165, 1.54) is 28.6 Å². The quantitative estimate of drug-likeness (QED) is 0.481. The van der Waals surface area contributed by atoms with Gasteiger partial charge in [-0.25, -0.2) is 8.42 Å². The van der Waals surface area contributed by atoms with E-state index in [9.17, 15) is 18.0 Å². The number of Topliss-reactive ketones (excluding diaryl/α,β-unsaturated/α-hetero) is 1. The van der Waals surface area contributed by atoms with E-state index in [4.69, 9.17) is 27.9 Å². The first-order chi connectivity index (χ1) is 13.3. The Balaban J connectivity index is 1.52. The van der Waals surface area contributed by atoms with Crippen molar-refractivity contribution in [3.8, 4) is 0 Å². The smallest absolute Gasteiger partial charge is 0.309 e. The average molecular weight is 462 g/mol. The molecule has 2 heterocycles. The molecule has 3 rings (SSSR count). The van der Waals surface area contributed by atoms with Gasteiger partial charge in [-0.05, 0) is 49.2 Å². The summed E-state index contributed by atoms with van der Waals surface area (Å²) in [5, 5.41) is 0.458. The number of rotatable bonds is 6. The average Bonchev–Trinajstić information content (AvgIpc) is 3.13. The number of piperidine rings is 1. The van der Waals surface area contributed by atoms with Gasteiger partial charge in [0.05, 0.1) is 20.0 Å². The molecule has 1 aromatic heterocycles. The van der Waals surface area contributed by atoms with Crippen LogP contribution in [0.15, 0.2) is 41.3 Å². The summed E-state index contributed by atoms with van der Waals surface area (Å²) < 4.78 is 32.3. The van der Waals surface area contributed by atoms with Gasteiger partial charge in [-0.15, -0.1) is 11.3 Å². The minimum Gasteiger partial charge on any atom is -0.457 e. The lowest BCUT2D eigenvalue weighted by molar-refractivity contribution is -0.148. The van der Waals surface area contributed by atoms with E-state index in [0.717, 1.165) is 11.3 Å². The number of thiophene rings is 1. The molecule has 0 saturated carbocycles. The zero-order valence-electron chi connectivity index (χ0n) is 14.6. The normalized spacial score (nSPS) is 16.1. The Morgan fingerprint density at radius 1 is 1.07 bits per heavy atom. The zero-order valence-corrected chi connectivity index (χ0v) is 17.8. The van der Waals surface area contributed by atoms with Gasteiger partial charge in [0, 0.05) is 18.1 Å². The molecule has 0 N–H and O–H groups in total. The lowest BCUT2D eigenvalue weighted by Gasteiger charge is -2.30. The molecule has 1 saturated heterocycles. The van der Waals surface area contributed by atoms with Crippen molar-refractivity contribution in [3.63, 3.8) is 0 Å². The van der Waals surface area contributed by atoms with Crippen molar-refractivity contribution in [2.75, 3.05) is 19.7 Å². The number of carbonyl (C=O) groups is 2. The molecule has 10 heteroatoms. The molecule has 0 spiro atoms. The monoisotopic (exact) mass is 461 g/mol. The fraction of sp³-hybridized carbons (Fsp3) is 0.333. The molecule has 1 fully saturated rings. The van der Waals surface area contributed by atoms with Crippen LogP contribution in [0, 0.1) is 5.92 Å². The largest absolute Gasteiger partial charge is 0.457 e. The van der Waals surface area contributed by atoms with E-state index in [1.54, 1.807) is 12.1 Å². The summed E-state index contributed by atoms with van der Waals surface area (Å²) in [5.41, 5.74) is 0. The molecule has 0 radical (unpaired) electrons. The zero-order chi connectivity index (χ0) is 20.3. The third kappa shape index (κ3) is 4.93. The Morgan fingerprint density at radius 2 is 1.71 bits per heavy atom. The van der Waals surface area contributed by atoms with Gasteiger partial charge < -0.3 is 4.74 Å². The fourth-order valence-electron chi connectivity index (χ4n) is 2.88. The van der Waals surface area contributed by atoms with E-state index < -0.39 is 21.9 Å². The van der Waals surface area contributed by atoms with Gasteiger partial charge in [-0.3, -0.25) is 9.59 Å². The number of ether oxygens (including phenoxy) is 1. The minimum absolute atomic E-state index is 0.165.